The number of hydrogen-bond donors (Lipinski definition) is 1. The number of benzene rings is 1. The van der Waals surface area contributed by atoms with Gasteiger partial charge in [0.1, 0.15) is 23.6 Å². The van der Waals surface area contributed by atoms with Crippen LogP contribution in [0.5, 0.6) is 5.75 Å². The maximum atomic E-state index is 12.0. The summed E-state index contributed by atoms with van der Waals surface area (Å²) in [6.45, 7) is 4.20. The van der Waals surface area contributed by atoms with E-state index in [0.29, 0.717) is 16.9 Å². The second kappa shape index (κ2) is 5.40. The van der Waals surface area contributed by atoms with Crippen LogP contribution in [0.15, 0.2) is 41.3 Å². The van der Waals surface area contributed by atoms with Gasteiger partial charge in [-0.2, -0.15) is 5.10 Å². The number of ether oxygens (including phenoxy) is 1. The van der Waals surface area contributed by atoms with Crippen molar-refractivity contribution in [1.82, 2.24) is 19.7 Å². The highest BCUT2D eigenvalue weighted by Gasteiger charge is 2.12. The zero-order valence-corrected chi connectivity index (χ0v) is 11.9. The number of para-hydroxylation sites is 1. The van der Waals surface area contributed by atoms with Crippen molar-refractivity contribution >= 4 is 11.0 Å². The average Bonchev–Trinajstić information content (AvgIpc) is 2.91. The second-order valence-corrected chi connectivity index (χ2v) is 5.03. The Morgan fingerprint density at radius 1 is 1.29 bits per heavy atom. The molecular weight excluding hydrogens is 268 g/mol. The second-order valence-electron chi connectivity index (χ2n) is 5.03. The van der Waals surface area contributed by atoms with Crippen LogP contribution in [0, 0.1) is 0 Å². The number of rotatable bonds is 4. The number of H-pyrrole nitrogens is 1. The number of aromatic amines is 1. The van der Waals surface area contributed by atoms with Crippen molar-refractivity contribution in [1.29, 1.82) is 0 Å². The van der Waals surface area contributed by atoms with E-state index in [0.717, 1.165) is 5.75 Å². The van der Waals surface area contributed by atoms with Gasteiger partial charge in [-0.1, -0.05) is 18.2 Å². The summed E-state index contributed by atoms with van der Waals surface area (Å²) < 4.78 is 7.34. The van der Waals surface area contributed by atoms with Gasteiger partial charge >= 0.3 is 0 Å². The first kappa shape index (κ1) is 13.4. The van der Waals surface area contributed by atoms with E-state index in [1.807, 2.05) is 44.2 Å². The van der Waals surface area contributed by atoms with Gasteiger partial charge in [0.25, 0.3) is 5.56 Å². The Morgan fingerprint density at radius 3 is 2.76 bits per heavy atom. The van der Waals surface area contributed by atoms with Gasteiger partial charge in [0.05, 0.1) is 6.20 Å². The van der Waals surface area contributed by atoms with Gasteiger partial charge in [-0.15, -0.1) is 0 Å². The van der Waals surface area contributed by atoms with E-state index in [-0.39, 0.29) is 18.2 Å². The number of aromatic nitrogens is 4. The van der Waals surface area contributed by atoms with E-state index in [4.69, 9.17) is 4.74 Å². The van der Waals surface area contributed by atoms with Crippen molar-refractivity contribution < 1.29 is 4.74 Å². The first-order valence-corrected chi connectivity index (χ1v) is 6.79. The minimum atomic E-state index is -0.196. The van der Waals surface area contributed by atoms with Crippen LogP contribution in [0.1, 0.15) is 25.7 Å². The Labute approximate surface area is 121 Å². The van der Waals surface area contributed by atoms with Crippen molar-refractivity contribution in [3.8, 4) is 5.75 Å². The summed E-state index contributed by atoms with van der Waals surface area (Å²) >= 11 is 0. The number of fused-ring (bicyclic) bond motifs is 1. The Balaban J connectivity index is 1.92. The maximum Gasteiger partial charge on any atom is 0.262 e. The molecule has 0 saturated carbocycles. The maximum absolute atomic E-state index is 12.0. The molecule has 1 aromatic carbocycles. The molecule has 0 aliphatic rings. The molecule has 6 heteroatoms. The standard InChI is InChI=1S/C15H16N4O2/c1-10(2)19-14-12(8-16-19)15(20)18-13(17-14)9-21-11-6-4-3-5-7-11/h3-8,10H,9H2,1-2H3,(H,17,18,20). The zero-order valence-electron chi connectivity index (χ0n) is 11.9. The van der Waals surface area contributed by atoms with Crippen LogP contribution < -0.4 is 10.3 Å². The molecule has 0 bridgehead atoms. The molecule has 2 aromatic heterocycles. The lowest BCUT2D eigenvalue weighted by Gasteiger charge is -2.08. The SMILES string of the molecule is CC(C)n1ncc2c(=O)[nH]c(COc3ccccc3)nc21. The Kier molecular flexibility index (Phi) is 3.43. The van der Waals surface area contributed by atoms with E-state index >= 15 is 0 Å². The number of hydrogen-bond acceptors (Lipinski definition) is 4. The smallest absolute Gasteiger partial charge is 0.262 e. The van der Waals surface area contributed by atoms with E-state index in [1.54, 1.807) is 10.9 Å². The van der Waals surface area contributed by atoms with Gasteiger partial charge in [-0.3, -0.25) is 4.79 Å². The van der Waals surface area contributed by atoms with Gasteiger partial charge in [0.15, 0.2) is 5.65 Å². The van der Waals surface area contributed by atoms with E-state index in [9.17, 15) is 4.79 Å². The number of nitrogens with zero attached hydrogens (tertiary/aromatic N) is 3. The fraction of sp³-hybridized carbons (Fsp3) is 0.267. The molecule has 0 spiro atoms. The summed E-state index contributed by atoms with van der Waals surface area (Å²) in [5.41, 5.74) is 0.388. The Bertz CT molecular complexity index is 805. The normalized spacial score (nSPS) is 11.2. The van der Waals surface area contributed by atoms with Crippen LogP contribution in [0.25, 0.3) is 11.0 Å². The van der Waals surface area contributed by atoms with Gasteiger partial charge in [0, 0.05) is 6.04 Å². The predicted octanol–water partition coefficient (Wildman–Crippen LogP) is 2.28. The summed E-state index contributed by atoms with van der Waals surface area (Å²) in [7, 11) is 0. The lowest BCUT2D eigenvalue weighted by Crippen LogP contribution is -2.15. The Hall–Kier alpha value is -2.63. The molecule has 3 aromatic rings. The van der Waals surface area contributed by atoms with Crippen LogP contribution in [0.4, 0.5) is 0 Å². The molecule has 0 saturated heterocycles. The van der Waals surface area contributed by atoms with Crippen LogP contribution in [0.2, 0.25) is 0 Å². The Morgan fingerprint density at radius 2 is 2.05 bits per heavy atom. The fourth-order valence-electron chi connectivity index (χ4n) is 2.10. The first-order chi connectivity index (χ1) is 10.1. The summed E-state index contributed by atoms with van der Waals surface area (Å²) in [6.07, 6.45) is 1.54. The lowest BCUT2D eigenvalue weighted by atomic mass is 10.3. The predicted molar refractivity (Wildman–Crippen MR) is 79.3 cm³/mol. The third-order valence-electron chi connectivity index (χ3n) is 3.12. The van der Waals surface area contributed by atoms with Gasteiger partial charge in [0.2, 0.25) is 0 Å². The average molecular weight is 284 g/mol. The molecule has 0 fully saturated rings. The molecule has 0 aliphatic carbocycles. The molecule has 2 heterocycles. The molecule has 108 valence electrons. The summed E-state index contributed by atoms with van der Waals surface area (Å²) in [5, 5.41) is 4.70. The molecule has 0 unspecified atom stereocenters. The third-order valence-corrected chi connectivity index (χ3v) is 3.12. The molecule has 6 nitrogen and oxygen atoms in total. The quantitative estimate of drug-likeness (QED) is 0.797. The minimum absolute atomic E-state index is 0.139. The van der Waals surface area contributed by atoms with Crippen molar-refractivity contribution in [2.75, 3.05) is 0 Å². The van der Waals surface area contributed by atoms with Crippen LogP contribution >= 0.6 is 0 Å². The van der Waals surface area contributed by atoms with Crippen LogP contribution in [0.3, 0.4) is 0 Å². The highest BCUT2D eigenvalue weighted by molar-refractivity contribution is 5.73. The van der Waals surface area contributed by atoms with Gasteiger partial charge in [-0.05, 0) is 26.0 Å². The third kappa shape index (κ3) is 2.65. The van der Waals surface area contributed by atoms with Gasteiger partial charge in [-0.25, -0.2) is 9.67 Å². The molecule has 0 atom stereocenters. The van der Waals surface area contributed by atoms with Crippen molar-refractivity contribution in [2.24, 2.45) is 0 Å². The molecule has 21 heavy (non-hydrogen) atoms. The molecule has 0 aliphatic heterocycles. The van der Waals surface area contributed by atoms with Crippen molar-refractivity contribution in [3.05, 3.63) is 52.7 Å². The minimum Gasteiger partial charge on any atom is -0.486 e. The first-order valence-electron chi connectivity index (χ1n) is 6.79. The van der Waals surface area contributed by atoms with E-state index in [1.165, 1.54) is 0 Å². The molecule has 0 radical (unpaired) electrons. The lowest BCUT2D eigenvalue weighted by molar-refractivity contribution is 0.295. The topological polar surface area (TPSA) is 72.8 Å². The monoisotopic (exact) mass is 284 g/mol. The van der Waals surface area contributed by atoms with Crippen molar-refractivity contribution in [3.63, 3.8) is 0 Å². The molecule has 1 N–H and O–H groups in total. The molecular formula is C15H16N4O2. The summed E-state index contributed by atoms with van der Waals surface area (Å²) in [4.78, 5) is 19.2. The number of nitrogens with one attached hydrogen (secondary N) is 1. The largest absolute Gasteiger partial charge is 0.486 e. The molecule has 3 rings (SSSR count). The van der Waals surface area contributed by atoms with Crippen LogP contribution in [-0.4, -0.2) is 19.7 Å². The van der Waals surface area contributed by atoms with E-state index in [2.05, 4.69) is 15.1 Å². The highest BCUT2D eigenvalue weighted by atomic mass is 16.5. The van der Waals surface area contributed by atoms with Gasteiger partial charge < -0.3 is 9.72 Å². The van der Waals surface area contributed by atoms with Crippen LogP contribution in [-0.2, 0) is 6.61 Å². The van der Waals surface area contributed by atoms with E-state index < -0.39 is 0 Å². The van der Waals surface area contributed by atoms with Crippen molar-refractivity contribution in [2.45, 2.75) is 26.5 Å². The zero-order chi connectivity index (χ0) is 14.8. The molecule has 0 amide bonds. The summed E-state index contributed by atoms with van der Waals surface area (Å²) in [6, 6.07) is 9.55. The summed E-state index contributed by atoms with van der Waals surface area (Å²) in [5.74, 6) is 1.22. The highest BCUT2D eigenvalue weighted by Crippen LogP contribution is 2.13. The fourth-order valence-corrected chi connectivity index (χ4v) is 2.10.